The number of carbonyl (C=O) groups is 1. The smallest absolute Gasteiger partial charge is 0.261 e. The first-order valence-corrected chi connectivity index (χ1v) is 9.38. The highest BCUT2D eigenvalue weighted by molar-refractivity contribution is 7.92. The predicted molar refractivity (Wildman–Crippen MR) is 99.4 cm³/mol. The first kappa shape index (κ1) is 18.5. The summed E-state index contributed by atoms with van der Waals surface area (Å²) >= 11 is 0. The average molecular weight is 387 g/mol. The molecule has 8 nitrogen and oxygen atoms in total. The molecule has 2 aromatic carbocycles. The average Bonchev–Trinajstić information content (AvgIpc) is 3.06. The van der Waals surface area contributed by atoms with Crippen LogP contribution in [-0.4, -0.2) is 26.6 Å². The number of methoxy groups -OCH3 is 1. The van der Waals surface area contributed by atoms with Crippen LogP contribution in [0.15, 0.2) is 64.0 Å². The third-order valence-corrected chi connectivity index (χ3v) is 5.04. The van der Waals surface area contributed by atoms with Gasteiger partial charge in [0.25, 0.3) is 15.9 Å². The van der Waals surface area contributed by atoms with Crippen molar-refractivity contribution in [3.8, 4) is 5.75 Å². The van der Waals surface area contributed by atoms with Crippen LogP contribution in [0.4, 0.5) is 11.5 Å². The van der Waals surface area contributed by atoms with Crippen LogP contribution in [0.1, 0.15) is 16.1 Å². The molecule has 1 aromatic heterocycles. The molecular formula is C18H17N3O5S. The third-order valence-electron chi connectivity index (χ3n) is 3.66. The summed E-state index contributed by atoms with van der Waals surface area (Å²) in [5.74, 6) is 0.803. The van der Waals surface area contributed by atoms with Gasteiger partial charge in [-0.15, -0.1) is 0 Å². The number of anilines is 2. The molecule has 140 valence electrons. The Kier molecular flexibility index (Phi) is 5.13. The Morgan fingerprint density at radius 3 is 2.44 bits per heavy atom. The minimum Gasteiger partial charge on any atom is -0.497 e. The Morgan fingerprint density at radius 2 is 1.81 bits per heavy atom. The van der Waals surface area contributed by atoms with Gasteiger partial charge in [0.15, 0.2) is 5.82 Å². The van der Waals surface area contributed by atoms with Gasteiger partial charge in [0, 0.05) is 6.07 Å². The molecule has 1 amide bonds. The highest BCUT2D eigenvalue weighted by Crippen LogP contribution is 2.22. The number of hydrogen-bond acceptors (Lipinski definition) is 6. The molecule has 0 aliphatic carbocycles. The fraction of sp³-hybridized carbons (Fsp3) is 0.111. The van der Waals surface area contributed by atoms with Gasteiger partial charge in [0.2, 0.25) is 0 Å². The van der Waals surface area contributed by atoms with Gasteiger partial charge in [0.05, 0.1) is 23.3 Å². The summed E-state index contributed by atoms with van der Waals surface area (Å²) in [5, 5.41) is 6.26. The molecule has 27 heavy (non-hydrogen) atoms. The lowest BCUT2D eigenvalue weighted by Crippen LogP contribution is -2.18. The number of nitrogens with zero attached hydrogens (tertiary/aromatic N) is 1. The second-order valence-electron chi connectivity index (χ2n) is 5.60. The van der Waals surface area contributed by atoms with Gasteiger partial charge >= 0.3 is 0 Å². The predicted octanol–water partition coefficient (Wildman–Crippen LogP) is 3.04. The van der Waals surface area contributed by atoms with Crippen molar-refractivity contribution in [2.75, 3.05) is 17.1 Å². The molecular weight excluding hydrogens is 370 g/mol. The van der Waals surface area contributed by atoms with Crippen molar-refractivity contribution < 1.29 is 22.5 Å². The summed E-state index contributed by atoms with van der Waals surface area (Å²) in [5.41, 5.74) is 0.293. The van der Waals surface area contributed by atoms with Crippen LogP contribution in [0.2, 0.25) is 0 Å². The summed E-state index contributed by atoms with van der Waals surface area (Å²) in [6.07, 6.45) is 0. The van der Waals surface area contributed by atoms with Crippen LogP contribution < -0.4 is 14.8 Å². The second kappa shape index (κ2) is 7.50. The number of benzene rings is 2. The molecule has 0 saturated heterocycles. The number of amides is 1. The number of aromatic nitrogens is 1. The highest BCUT2D eigenvalue weighted by atomic mass is 32.2. The van der Waals surface area contributed by atoms with Gasteiger partial charge in [-0.2, -0.15) is 0 Å². The summed E-state index contributed by atoms with van der Waals surface area (Å²) < 4.78 is 37.6. The first-order chi connectivity index (χ1) is 12.9. The van der Waals surface area contributed by atoms with Gasteiger partial charge in [0.1, 0.15) is 11.5 Å². The van der Waals surface area contributed by atoms with E-state index in [1.165, 1.54) is 31.4 Å². The van der Waals surface area contributed by atoms with Crippen LogP contribution >= 0.6 is 0 Å². The van der Waals surface area contributed by atoms with Crippen LogP contribution in [0.25, 0.3) is 0 Å². The van der Waals surface area contributed by atoms with E-state index < -0.39 is 15.9 Å². The van der Waals surface area contributed by atoms with Gasteiger partial charge in [-0.05, 0) is 43.3 Å². The lowest BCUT2D eigenvalue weighted by atomic mass is 10.1. The zero-order valence-corrected chi connectivity index (χ0v) is 15.4. The fourth-order valence-electron chi connectivity index (χ4n) is 2.34. The zero-order chi connectivity index (χ0) is 19.4. The van der Waals surface area contributed by atoms with E-state index in [-0.39, 0.29) is 22.0 Å². The first-order valence-electron chi connectivity index (χ1n) is 7.89. The molecule has 0 fully saturated rings. The molecule has 0 aliphatic heterocycles. The van der Waals surface area contributed by atoms with Crippen LogP contribution in [0.5, 0.6) is 5.75 Å². The van der Waals surface area contributed by atoms with Gasteiger partial charge in [-0.3, -0.25) is 9.52 Å². The van der Waals surface area contributed by atoms with Crippen LogP contribution in [0.3, 0.4) is 0 Å². The van der Waals surface area contributed by atoms with Crippen molar-refractivity contribution in [2.24, 2.45) is 0 Å². The number of sulfonamides is 1. The monoisotopic (exact) mass is 387 g/mol. The lowest BCUT2D eigenvalue weighted by molar-refractivity contribution is 0.102. The summed E-state index contributed by atoms with van der Waals surface area (Å²) in [4.78, 5) is 12.6. The molecule has 9 heteroatoms. The van der Waals surface area contributed by atoms with E-state index in [1.807, 2.05) is 0 Å². The number of hydrogen-bond donors (Lipinski definition) is 2. The quantitative estimate of drug-likeness (QED) is 0.673. The van der Waals surface area contributed by atoms with E-state index in [0.29, 0.717) is 11.5 Å². The zero-order valence-electron chi connectivity index (χ0n) is 14.6. The molecule has 0 aliphatic rings. The molecule has 3 rings (SSSR count). The standard InChI is InChI=1S/C18H17N3O5S/c1-12-11-17(20-26-12)19-18(22)15-5-3-4-6-16(15)21-27(23,24)14-9-7-13(25-2)8-10-14/h3-11,21H,1-2H3,(H,19,20,22). The molecule has 0 radical (unpaired) electrons. The summed E-state index contributed by atoms with van der Waals surface area (Å²) in [6.45, 7) is 1.69. The van der Waals surface area contributed by atoms with Crippen LogP contribution in [-0.2, 0) is 10.0 Å². The lowest BCUT2D eigenvalue weighted by Gasteiger charge is -2.12. The van der Waals surface area contributed by atoms with Crippen molar-refractivity contribution in [3.63, 3.8) is 0 Å². The minimum absolute atomic E-state index is 0.0469. The van der Waals surface area contributed by atoms with Crippen molar-refractivity contribution in [1.29, 1.82) is 0 Å². The number of rotatable bonds is 6. The Hall–Kier alpha value is -3.33. The van der Waals surface area contributed by atoms with E-state index in [0.717, 1.165) is 0 Å². The van der Waals surface area contributed by atoms with Crippen molar-refractivity contribution in [2.45, 2.75) is 11.8 Å². The summed E-state index contributed by atoms with van der Waals surface area (Å²) in [7, 11) is -2.39. The van der Waals surface area contributed by atoms with Crippen molar-refractivity contribution in [3.05, 3.63) is 65.9 Å². The number of ether oxygens (including phenoxy) is 1. The number of carbonyl (C=O) groups excluding carboxylic acids is 1. The largest absolute Gasteiger partial charge is 0.497 e. The normalized spacial score (nSPS) is 11.0. The van der Waals surface area contributed by atoms with Crippen molar-refractivity contribution >= 4 is 27.4 Å². The Labute approximate surface area is 156 Å². The maximum atomic E-state index is 12.6. The SMILES string of the molecule is COc1ccc(S(=O)(=O)Nc2ccccc2C(=O)Nc2cc(C)on2)cc1. The maximum absolute atomic E-state index is 12.6. The van der Waals surface area contributed by atoms with Gasteiger partial charge in [-0.1, -0.05) is 17.3 Å². The second-order valence-corrected chi connectivity index (χ2v) is 7.29. The minimum atomic E-state index is -3.88. The Morgan fingerprint density at radius 1 is 1.11 bits per heavy atom. The van der Waals surface area contributed by atoms with Gasteiger partial charge in [-0.25, -0.2) is 8.42 Å². The number of nitrogens with one attached hydrogen (secondary N) is 2. The Bertz CT molecular complexity index is 1060. The van der Waals surface area contributed by atoms with E-state index in [9.17, 15) is 13.2 Å². The highest BCUT2D eigenvalue weighted by Gasteiger charge is 2.19. The molecule has 3 aromatic rings. The third kappa shape index (κ3) is 4.26. The van der Waals surface area contributed by atoms with E-state index in [1.54, 1.807) is 37.3 Å². The summed E-state index contributed by atoms with van der Waals surface area (Å²) in [6, 6.07) is 13.8. The van der Waals surface area contributed by atoms with E-state index >= 15 is 0 Å². The van der Waals surface area contributed by atoms with E-state index in [2.05, 4.69) is 15.2 Å². The maximum Gasteiger partial charge on any atom is 0.261 e. The Balaban J connectivity index is 1.85. The number of aryl methyl sites for hydroxylation is 1. The molecule has 0 unspecified atom stereocenters. The molecule has 1 heterocycles. The molecule has 0 saturated carbocycles. The fourth-order valence-corrected chi connectivity index (χ4v) is 3.42. The van der Waals surface area contributed by atoms with E-state index in [4.69, 9.17) is 9.26 Å². The molecule has 0 atom stereocenters. The number of para-hydroxylation sites is 1. The van der Waals surface area contributed by atoms with Crippen LogP contribution in [0, 0.1) is 6.92 Å². The topological polar surface area (TPSA) is 111 Å². The molecule has 2 N–H and O–H groups in total. The molecule has 0 spiro atoms. The van der Waals surface area contributed by atoms with Gasteiger partial charge < -0.3 is 14.6 Å². The molecule has 0 bridgehead atoms. The van der Waals surface area contributed by atoms with Crippen molar-refractivity contribution in [1.82, 2.24) is 5.16 Å².